The number of guanidine groups is 1. The third-order valence-electron chi connectivity index (χ3n) is 4.04. The number of benzene rings is 1. The smallest absolute Gasteiger partial charge is 0.231 e. The van der Waals surface area contributed by atoms with Crippen LogP contribution in [0.3, 0.4) is 0 Å². The van der Waals surface area contributed by atoms with Crippen molar-refractivity contribution in [3.8, 4) is 17.2 Å². The second-order valence-electron chi connectivity index (χ2n) is 6.27. The van der Waals surface area contributed by atoms with Crippen LogP contribution in [0.1, 0.15) is 19.4 Å². The highest BCUT2D eigenvalue weighted by Gasteiger charge is 2.23. The van der Waals surface area contributed by atoms with E-state index in [0.29, 0.717) is 24.9 Å². The van der Waals surface area contributed by atoms with Crippen LogP contribution in [0, 0.1) is 0 Å². The molecule has 3 N–H and O–H groups in total. The van der Waals surface area contributed by atoms with Gasteiger partial charge in [0.2, 0.25) is 6.79 Å². The van der Waals surface area contributed by atoms with Crippen molar-refractivity contribution in [3.05, 3.63) is 40.6 Å². The van der Waals surface area contributed by atoms with E-state index >= 15 is 0 Å². The number of fused-ring (bicyclic) bond motifs is 1. The van der Waals surface area contributed by atoms with Gasteiger partial charge in [0.05, 0.1) is 13.1 Å². The molecule has 0 fully saturated rings. The minimum absolute atomic E-state index is 0.248. The normalized spacial score (nSPS) is 15.3. The van der Waals surface area contributed by atoms with Gasteiger partial charge in [0.15, 0.2) is 17.5 Å². The summed E-state index contributed by atoms with van der Waals surface area (Å²) in [6, 6.07) is 7.42. The van der Waals surface area contributed by atoms with Crippen LogP contribution < -0.4 is 24.8 Å². The van der Waals surface area contributed by atoms with E-state index in [2.05, 4.69) is 15.6 Å². The highest BCUT2D eigenvalue weighted by Crippen LogP contribution is 2.35. The number of ether oxygens (including phenoxy) is 3. The lowest BCUT2D eigenvalue weighted by atomic mass is 10.00. The summed E-state index contributed by atoms with van der Waals surface area (Å²) in [6.07, 6.45) is 0. The molecule has 0 aliphatic carbocycles. The highest BCUT2D eigenvalue weighted by molar-refractivity contribution is 7.08. The first-order valence-corrected chi connectivity index (χ1v) is 9.82. The van der Waals surface area contributed by atoms with Crippen LogP contribution in [0.25, 0.3) is 0 Å². The second kappa shape index (κ2) is 8.96. The van der Waals surface area contributed by atoms with E-state index in [9.17, 15) is 5.11 Å². The predicted octanol–water partition coefficient (Wildman–Crippen LogP) is 2.32. The highest BCUT2D eigenvalue weighted by atomic mass is 32.1. The number of nitrogens with zero attached hydrogens (tertiary/aromatic N) is 1. The Labute approximate surface area is 163 Å². The average Bonchev–Trinajstić information content (AvgIpc) is 3.34. The number of hydrogen-bond acceptors (Lipinski definition) is 6. The monoisotopic (exact) mass is 391 g/mol. The summed E-state index contributed by atoms with van der Waals surface area (Å²) in [5, 5.41) is 20.9. The Morgan fingerprint density at radius 1 is 1.30 bits per heavy atom. The summed E-state index contributed by atoms with van der Waals surface area (Å²) in [5.74, 6) is 2.80. The molecule has 0 saturated heterocycles. The quantitative estimate of drug-likeness (QED) is 0.364. The molecule has 2 aromatic rings. The molecule has 1 aromatic heterocycles. The SMILES string of the molecule is CCNC(=NCC(C)(O)c1ccsc1)NCCOc1ccc2c(c1)OCO2. The molecule has 7 nitrogen and oxygen atoms in total. The lowest BCUT2D eigenvalue weighted by molar-refractivity contribution is 0.0677. The van der Waals surface area contributed by atoms with Crippen molar-refractivity contribution in [1.82, 2.24) is 10.6 Å². The molecular weight excluding hydrogens is 366 g/mol. The Kier molecular flexibility index (Phi) is 6.41. The Hall–Kier alpha value is -2.45. The van der Waals surface area contributed by atoms with Gasteiger partial charge in [-0.05, 0) is 48.4 Å². The van der Waals surface area contributed by atoms with Crippen LogP contribution in [-0.2, 0) is 5.60 Å². The molecule has 0 radical (unpaired) electrons. The average molecular weight is 391 g/mol. The van der Waals surface area contributed by atoms with Crippen LogP contribution in [0.15, 0.2) is 40.0 Å². The molecule has 1 aromatic carbocycles. The van der Waals surface area contributed by atoms with Gasteiger partial charge in [0.1, 0.15) is 18.0 Å². The van der Waals surface area contributed by atoms with Gasteiger partial charge in [-0.25, -0.2) is 4.99 Å². The van der Waals surface area contributed by atoms with Crippen LogP contribution in [0.2, 0.25) is 0 Å². The van der Waals surface area contributed by atoms with Crippen molar-refractivity contribution in [1.29, 1.82) is 0 Å². The van der Waals surface area contributed by atoms with Gasteiger partial charge in [0, 0.05) is 12.6 Å². The molecule has 1 aliphatic rings. The topological polar surface area (TPSA) is 84.3 Å². The summed E-state index contributed by atoms with van der Waals surface area (Å²) in [7, 11) is 0. The van der Waals surface area contributed by atoms with Crippen molar-refractivity contribution in [2.75, 3.05) is 33.0 Å². The standard InChI is InChI=1S/C19H25N3O4S/c1-3-20-18(22-12-19(2,23)14-6-9-27-11-14)21-7-8-24-15-4-5-16-17(10-15)26-13-25-16/h4-6,9-11,23H,3,7-8,12-13H2,1-2H3,(H2,20,21,22). The van der Waals surface area contributed by atoms with E-state index in [4.69, 9.17) is 14.2 Å². The van der Waals surface area contributed by atoms with Gasteiger partial charge >= 0.3 is 0 Å². The fourth-order valence-electron chi connectivity index (χ4n) is 2.54. The third-order valence-corrected chi connectivity index (χ3v) is 4.72. The molecule has 27 heavy (non-hydrogen) atoms. The molecule has 0 saturated carbocycles. The van der Waals surface area contributed by atoms with Gasteiger partial charge < -0.3 is 30.0 Å². The lowest BCUT2D eigenvalue weighted by Gasteiger charge is -2.21. The maximum Gasteiger partial charge on any atom is 0.231 e. The fraction of sp³-hybridized carbons (Fsp3) is 0.421. The summed E-state index contributed by atoms with van der Waals surface area (Å²) in [5.41, 5.74) is -0.121. The van der Waals surface area contributed by atoms with Crippen LogP contribution >= 0.6 is 11.3 Å². The largest absolute Gasteiger partial charge is 0.492 e. The van der Waals surface area contributed by atoms with Crippen molar-refractivity contribution in [2.24, 2.45) is 4.99 Å². The molecule has 0 bridgehead atoms. The third kappa shape index (κ3) is 5.27. The van der Waals surface area contributed by atoms with E-state index in [1.54, 1.807) is 18.3 Å². The minimum atomic E-state index is -0.995. The molecule has 1 unspecified atom stereocenters. The van der Waals surface area contributed by atoms with E-state index in [0.717, 1.165) is 23.6 Å². The van der Waals surface area contributed by atoms with Crippen LogP contribution in [0.4, 0.5) is 0 Å². The van der Waals surface area contributed by atoms with Crippen molar-refractivity contribution >= 4 is 17.3 Å². The van der Waals surface area contributed by atoms with E-state index in [1.807, 2.05) is 41.9 Å². The van der Waals surface area contributed by atoms with Gasteiger partial charge in [-0.3, -0.25) is 0 Å². The Morgan fingerprint density at radius 3 is 2.93 bits per heavy atom. The summed E-state index contributed by atoms with van der Waals surface area (Å²) in [6.45, 7) is 6.05. The van der Waals surface area contributed by atoms with Crippen LogP contribution in [0.5, 0.6) is 17.2 Å². The molecule has 0 amide bonds. The van der Waals surface area contributed by atoms with Crippen molar-refractivity contribution < 1.29 is 19.3 Å². The van der Waals surface area contributed by atoms with Gasteiger partial charge in [-0.2, -0.15) is 11.3 Å². The zero-order valence-electron chi connectivity index (χ0n) is 15.5. The number of thiophene rings is 1. The number of aliphatic hydroxyl groups is 1. The molecule has 1 aliphatic heterocycles. The molecule has 8 heteroatoms. The molecule has 1 atom stereocenters. The van der Waals surface area contributed by atoms with Crippen molar-refractivity contribution in [2.45, 2.75) is 19.4 Å². The molecule has 146 valence electrons. The first kappa shape index (κ1) is 19.3. The molecular formula is C19H25N3O4S. The van der Waals surface area contributed by atoms with Crippen molar-refractivity contribution in [3.63, 3.8) is 0 Å². The molecule has 2 heterocycles. The van der Waals surface area contributed by atoms with E-state index in [-0.39, 0.29) is 13.3 Å². The number of hydrogen-bond donors (Lipinski definition) is 3. The second-order valence-corrected chi connectivity index (χ2v) is 7.05. The van der Waals surface area contributed by atoms with Crippen LogP contribution in [-0.4, -0.2) is 44.1 Å². The number of aliphatic imine (C=N–C) groups is 1. The van der Waals surface area contributed by atoms with Gasteiger partial charge in [0.25, 0.3) is 0 Å². The predicted molar refractivity (Wildman–Crippen MR) is 106 cm³/mol. The Balaban J connectivity index is 1.48. The molecule has 0 spiro atoms. The first-order valence-electron chi connectivity index (χ1n) is 8.88. The summed E-state index contributed by atoms with van der Waals surface area (Å²) >= 11 is 1.56. The van der Waals surface area contributed by atoms with E-state index in [1.165, 1.54) is 0 Å². The summed E-state index contributed by atoms with van der Waals surface area (Å²) in [4.78, 5) is 4.49. The Bertz CT molecular complexity index is 762. The zero-order valence-corrected chi connectivity index (χ0v) is 16.3. The van der Waals surface area contributed by atoms with Gasteiger partial charge in [-0.1, -0.05) is 0 Å². The summed E-state index contributed by atoms with van der Waals surface area (Å²) < 4.78 is 16.4. The minimum Gasteiger partial charge on any atom is -0.492 e. The maximum absolute atomic E-state index is 10.6. The van der Waals surface area contributed by atoms with E-state index < -0.39 is 5.60 Å². The zero-order chi connectivity index (χ0) is 19.1. The molecule has 3 rings (SSSR count). The number of nitrogens with one attached hydrogen (secondary N) is 2. The maximum atomic E-state index is 10.6. The number of rotatable bonds is 8. The van der Waals surface area contributed by atoms with Gasteiger partial charge in [-0.15, -0.1) is 0 Å². The lowest BCUT2D eigenvalue weighted by Crippen LogP contribution is -2.40. The first-order chi connectivity index (χ1) is 13.1. The fourth-order valence-corrected chi connectivity index (χ4v) is 3.32. The Morgan fingerprint density at radius 2 is 2.15 bits per heavy atom.